The molecule has 115 heavy (non-hydrogen) atoms. The van der Waals surface area contributed by atoms with Crippen LogP contribution in [0.3, 0.4) is 0 Å². The maximum Gasteiger partial charge on any atom is 0.356 e. The van der Waals surface area contributed by atoms with Crippen molar-refractivity contribution >= 4 is 146 Å². The molecule has 0 spiro atoms. The van der Waals surface area contributed by atoms with Crippen LogP contribution < -0.4 is 45.2 Å². The van der Waals surface area contributed by atoms with Crippen LogP contribution in [0.5, 0.6) is 0 Å². The molecule has 12 rings (SSSR count). The minimum absolute atomic E-state index is 0. The second-order valence-electron chi connectivity index (χ2n) is 24.9. The Morgan fingerprint density at radius 3 is 1.20 bits per heavy atom. The number of aliphatic hydroxyl groups excluding tert-OH is 1. The molecule has 0 aliphatic carbocycles. The van der Waals surface area contributed by atoms with Crippen molar-refractivity contribution in [2.24, 2.45) is 0 Å². The van der Waals surface area contributed by atoms with Crippen LogP contribution in [0.4, 0.5) is 28.2 Å². The topological polar surface area (TPSA) is 530 Å². The summed E-state index contributed by atoms with van der Waals surface area (Å²) in [5.41, 5.74) is 26.0. The van der Waals surface area contributed by atoms with E-state index in [1.165, 1.54) is 50.8 Å². The van der Waals surface area contributed by atoms with Crippen LogP contribution in [-0.4, -0.2) is 180 Å². The van der Waals surface area contributed by atoms with Crippen LogP contribution in [0.15, 0.2) is 152 Å². The number of nitrogens with one attached hydrogen (secondary N) is 4. The van der Waals surface area contributed by atoms with Gasteiger partial charge in [-0.25, -0.2) is 24.3 Å². The Kier molecular flexibility index (Phi) is 35.1. The number of halogens is 3. The Morgan fingerprint density at radius 2 is 0.817 bits per heavy atom. The molecule has 0 aliphatic rings. The highest BCUT2D eigenvalue weighted by Crippen LogP contribution is 2.49. The van der Waals surface area contributed by atoms with E-state index in [0.29, 0.717) is 70.9 Å². The first-order valence-electron chi connectivity index (χ1n) is 34.3. The van der Waals surface area contributed by atoms with E-state index in [1.54, 1.807) is 55.3 Å². The van der Waals surface area contributed by atoms with Gasteiger partial charge in [-0.2, -0.15) is 19.9 Å². The van der Waals surface area contributed by atoms with E-state index in [-0.39, 0.29) is 156 Å². The molecule has 5 unspecified atom stereocenters. The summed E-state index contributed by atoms with van der Waals surface area (Å²) in [6, 6.07) is 30.0. The Hall–Kier alpha value is -8.73. The molecule has 38 nitrogen and oxygen atoms in total. The molecule has 0 saturated heterocycles. The van der Waals surface area contributed by atoms with E-state index in [0.717, 1.165) is 21.2 Å². The molecule has 8 aromatic heterocycles. The quantitative estimate of drug-likeness (QED) is 0.0129. The molecule has 4 aromatic carbocycles. The Bertz CT molecular complexity index is 5540. The smallest absolute Gasteiger partial charge is 0.356 e. The molecule has 0 saturated carbocycles. The molecule has 0 aliphatic heterocycles. The number of ether oxygens (including phenoxy) is 4. The normalized spacial score (nSPS) is 13.8. The first-order chi connectivity index (χ1) is 54.4. The number of fused-ring (bicyclic) bond motifs is 4. The van der Waals surface area contributed by atoms with Crippen LogP contribution in [0.2, 0.25) is 5.02 Å². The zero-order valence-electron chi connectivity index (χ0n) is 61.6. The largest absolute Gasteiger partial charge is 0.396 e. The molecule has 0 radical (unpaired) electrons. The van der Waals surface area contributed by atoms with Gasteiger partial charge in [-0.15, -0.1) is 9.45 Å². The lowest BCUT2D eigenvalue weighted by molar-refractivity contribution is 0.123. The summed E-state index contributed by atoms with van der Waals surface area (Å²) >= 11 is 14.6. The van der Waals surface area contributed by atoms with E-state index >= 15 is 0 Å². The number of hydrogen-bond acceptors (Lipinski definition) is 31. The summed E-state index contributed by atoms with van der Waals surface area (Å²) in [7, 11) is -12.9. The van der Waals surface area contributed by atoms with E-state index in [2.05, 4.69) is 75.7 Å². The number of aromatic nitrogens is 16. The lowest BCUT2D eigenvalue weighted by Crippen LogP contribution is -2.14. The van der Waals surface area contributed by atoms with Gasteiger partial charge in [0.2, 0.25) is 45.9 Å². The average Bonchev–Trinajstić information content (AvgIpc) is 1.70. The van der Waals surface area contributed by atoms with Crippen LogP contribution in [0, 0.1) is 5.82 Å². The number of H-pyrrole nitrogens is 4. The molecule has 0 bridgehead atoms. The van der Waals surface area contributed by atoms with Gasteiger partial charge < -0.3 is 87.9 Å². The fraction of sp³-hybridized carbons (Fsp3) is 0.353. The zero-order chi connectivity index (χ0) is 82.0. The van der Waals surface area contributed by atoms with E-state index in [4.69, 9.17) is 92.4 Å². The lowest BCUT2D eigenvalue weighted by atomic mass is 10.2. The van der Waals surface area contributed by atoms with E-state index < -0.39 is 55.8 Å². The molecule has 12 aromatic rings. The third-order valence-corrected chi connectivity index (χ3v) is 24.0. The number of nitrogen functional groups attached to an aromatic ring is 4. The summed E-state index contributed by atoms with van der Waals surface area (Å²) in [4.78, 5) is 89.0. The standard InChI is InChI=1S/C19H25BrN5O6PS2.C16H19ClN5O4P.C16H19FN5O4P.C16H20N5O4P.CH4/c20-15-3-1-2-14(10-15)11-31-32(28,30-7-9-34(33)8-5-26)13-29-6-4-25-12-22-16-17(25)23-19(21)24-18(16)27;2*1-27(24,26-8-11-3-2-4-12(17)7-11)10-25-6-5-22-9-19-13-14(22)20-16(18)21-15(13)23;1-26(23,25-9-12-5-3-2-4-6-12)11-24-8-7-21-10-18-13-14(21)19-16(17)20-15(13)22;/h1-3,10,12,26H,4-9,11,13H2,(H3,21,23,24,27);2*2-4,7,9H,5-6,8,10H2,1H3,(H3,18,20,21,23);2-6,10H,7-9,11H2,1H3,(H3,17,19,20,22);1H4. The van der Waals surface area contributed by atoms with Crippen molar-refractivity contribution in [1.82, 2.24) is 78.1 Å². The minimum Gasteiger partial charge on any atom is -0.396 e. The predicted molar refractivity (Wildman–Crippen MR) is 444 cm³/mol. The highest BCUT2D eigenvalue weighted by atomic mass is 79.9. The van der Waals surface area contributed by atoms with E-state index in [1.807, 2.05) is 60.7 Å². The number of nitrogens with zero attached hydrogens (tertiary/aromatic N) is 12. The number of benzene rings is 4. The highest BCUT2D eigenvalue weighted by Gasteiger charge is 2.27. The van der Waals surface area contributed by atoms with Crippen LogP contribution in [0.25, 0.3) is 44.7 Å². The SMILES string of the molecule is C.CP(=O)(COCCn1cnc2c(=O)[nH]c(N)nc21)OCc1cccc(Cl)c1.CP(=O)(COCCn1cnc2c(=O)[nH]c(N)nc21)OCc1cccc(F)c1.CP(=O)(COCCn1cnc2c(=O)[nH]c(N)nc21)OCc1ccccc1.Nc1nc2c(ncn2CCOCP(=O)(OCCS(=S)CCO)OCc2cccc(Br)c2)c(=O)[nH]1. The summed E-state index contributed by atoms with van der Waals surface area (Å²) in [5.74, 6) is 0.612. The van der Waals surface area contributed by atoms with Gasteiger partial charge in [0, 0.05) is 67.2 Å². The molecule has 0 fully saturated rings. The second kappa shape index (κ2) is 44.0. The third-order valence-electron chi connectivity index (χ3n) is 15.5. The Morgan fingerprint density at radius 1 is 0.470 bits per heavy atom. The lowest BCUT2D eigenvalue weighted by Gasteiger charge is -2.19. The van der Waals surface area contributed by atoms with Crippen molar-refractivity contribution in [2.75, 3.05) is 119 Å². The summed E-state index contributed by atoms with van der Waals surface area (Å²) in [6.45, 7) is 7.51. The van der Waals surface area contributed by atoms with Gasteiger partial charge in [-0.05, 0) is 58.7 Å². The van der Waals surface area contributed by atoms with Crippen LogP contribution in [-0.2, 0) is 133 Å². The maximum absolute atomic E-state index is 13.3. The van der Waals surface area contributed by atoms with Crippen molar-refractivity contribution in [1.29, 1.82) is 0 Å². The van der Waals surface area contributed by atoms with Crippen molar-refractivity contribution in [3.8, 4) is 0 Å². The van der Waals surface area contributed by atoms with Gasteiger partial charge in [0.05, 0.1) is 91.4 Å². The van der Waals surface area contributed by atoms with Crippen molar-refractivity contribution in [2.45, 2.75) is 60.0 Å². The van der Waals surface area contributed by atoms with Gasteiger partial charge in [0.1, 0.15) is 31.2 Å². The second-order valence-corrected chi connectivity index (χ2v) is 39.0. The Labute approximate surface area is 676 Å². The molecule has 13 N–H and O–H groups in total. The third kappa shape index (κ3) is 29.4. The average molecular weight is 1790 g/mol. The molecule has 620 valence electrons. The fourth-order valence-electron chi connectivity index (χ4n) is 10.0. The number of rotatable bonds is 38. The number of aliphatic hydroxyl groups is 1. The van der Waals surface area contributed by atoms with Gasteiger partial charge in [0.25, 0.3) is 22.2 Å². The summed E-state index contributed by atoms with van der Waals surface area (Å²) in [5, 5.41) is 9.60. The van der Waals surface area contributed by atoms with Gasteiger partial charge in [0.15, 0.2) is 44.7 Å². The van der Waals surface area contributed by atoms with Gasteiger partial charge in [-0.3, -0.25) is 57.4 Å². The summed E-state index contributed by atoms with van der Waals surface area (Å²) < 4.78 is 121. The van der Waals surface area contributed by atoms with Crippen molar-refractivity contribution < 1.29 is 69.3 Å². The number of hydrogen-bond donors (Lipinski definition) is 9. The molecular weight excluding hydrogens is 1710 g/mol. The molecule has 8 heterocycles. The first kappa shape index (κ1) is 91.8. The van der Waals surface area contributed by atoms with Crippen molar-refractivity contribution in [3.05, 3.63) is 207 Å². The fourth-order valence-corrected chi connectivity index (χ4v) is 16.1. The minimum atomic E-state index is -3.60. The molecule has 0 amide bonds. The predicted octanol–water partition coefficient (Wildman–Crippen LogP) is 8.77. The number of aromatic amines is 4. The summed E-state index contributed by atoms with van der Waals surface area (Å²) in [6.07, 6.45) is 5.51. The monoisotopic (exact) mass is 1790 g/mol. The molecule has 5 atom stereocenters. The molecular formula is C68H87BrClFN20O18P4S2. The molecule has 47 heteroatoms. The number of nitrogens with two attached hydrogens (primary N) is 4. The number of imidazole rings is 4. The van der Waals surface area contributed by atoms with E-state index in [9.17, 15) is 41.8 Å². The highest BCUT2D eigenvalue weighted by molar-refractivity contribution is 9.10. The number of anilines is 4. The van der Waals surface area contributed by atoms with Crippen LogP contribution >= 0.6 is 57.2 Å². The Balaban J connectivity index is 0.000000192. The van der Waals surface area contributed by atoms with Crippen molar-refractivity contribution in [3.63, 3.8) is 0 Å². The van der Waals surface area contributed by atoms with Gasteiger partial charge >= 0.3 is 7.60 Å². The van der Waals surface area contributed by atoms with Gasteiger partial charge in [-0.1, -0.05) is 113 Å². The zero-order valence-corrected chi connectivity index (χ0v) is 69.1. The first-order valence-corrected chi connectivity index (χ1v) is 46.5. The van der Waals surface area contributed by atoms with Crippen LogP contribution in [0.1, 0.15) is 29.7 Å². The maximum atomic E-state index is 13.3.